The molecule has 1 heterocycles. The first-order chi connectivity index (χ1) is 8.96. The standard InChI is InChI=1S/C14H20FNO2S/c1-11-10-13(15)3-2-12(11)4-7-16-14-5-8-19(17,18)9-6-14/h2-3,10,14,16H,4-9H2,1H3. The Balaban J connectivity index is 1.78. The van der Waals surface area contributed by atoms with Crippen molar-refractivity contribution in [3.8, 4) is 0 Å². The summed E-state index contributed by atoms with van der Waals surface area (Å²) >= 11 is 0. The van der Waals surface area contributed by atoms with E-state index in [1.807, 2.05) is 13.0 Å². The molecule has 1 aromatic rings. The zero-order chi connectivity index (χ0) is 13.9. The molecule has 0 aromatic heterocycles. The average Bonchev–Trinajstić information content (AvgIpc) is 2.34. The molecule has 1 fully saturated rings. The highest BCUT2D eigenvalue weighted by Crippen LogP contribution is 2.13. The summed E-state index contributed by atoms with van der Waals surface area (Å²) in [6, 6.07) is 5.14. The van der Waals surface area contributed by atoms with Gasteiger partial charge in [-0.05, 0) is 56.0 Å². The second-order valence-electron chi connectivity index (χ2n) is 5.20. The summed E-state index contributed by atoms with van der Waals surface area (Å²) < 4.78 is 35.6. The molecule has 0 saturated carbocycles. The summed E-state index contributed by atoms with van der Waals surface area (Å²) in [5.74, 6) is 0.382. The minimum atomic E-state index is -2.79. The van der Waals surface area contributed by atoms with Gasteiger partial charge in [-0.3, -0.25) is 0 Å². The lowest BCUT2D eigenvalue weighted by Crippen LogP contribution is -2.38. The third-order valence-electron chi connectivity index (χ3n) is 3.69. The normalized spacial score (nSPS) is 19.5. The van der Waals surface area contributed by atoms with Crippen molar-refractivity contribution in [1.29, 1.82) is 0 Å². The van der Waals surface area contributed by atoms with Gasteiger partial charge in [0.1, 0.15) is 15.7 Å². The highest BCUT2D eigenvalue weighted by molar-refractivity contribution is 7.91. The molecular weight excluding hydrogens is 265 g/mol. The van der Waals surface area contributed by atoms with E-state index in [0.717, 1.165) is 24.1 Å². The lowest BCUT2D eigenvalue weighted by Gasteiger charge is -2.23. The van der Waals surface area contributed by atoms with Gasteiger partial charge in [0.25, 0.3) is 0 Å². The molecule has 0 bridgehead atoms. The summed E-state index contributed by atoms with van der Waals surface area (Å²) in [5, 5.41) is 3.39. The lowest BCUT2D eigenvalue weighted by molar-refractivity contribution is 0.466. The highest BCUT2D eigenvalue weighted by Gasteiger charge is 2.22. The Morgan fingerprint density at radius 3 is 2.63 bits per heavy atom. The molecule has 1 aliphatic heterocycles. The molecule has 0 radical (unpaired) electrons. The number of hydrogen-bond donors (Lipinski definition) is 1. The SMILES string of the molecule is Cc1cc(F)ccc1CCNC1CCS(=O)(=O)CC1. The first-order valence-electron chi connectivity index (χ1n) is 6.65. The molecule has 0 atom stereocenters. The van der Waals surface area contributed by atoms with Gasteiger partial charge in [-0.2, -0.15) is 0 Å². The number of aryl methyl sites for hydroxylation is 1. The van der Waals surface area contributed by atoms with Crippen LogP contribution >= 0.6 is 0 Å². The summed E-state index contributed by atoms with van der Waals surface area (Å²) in [6.45, 7) is 2.71. The number of rotatable bonds is 4. The van der Waals surface area contributed by atoms with Crippen LogP contribution in [0.1, 0.15) is 24.0 Å². The molecule has 19 heavy (non-hydrogen) atoms. The van der Waals surface area contributed by atoms with E-state index < -0.39 is 9.84 Å². The molecule has 3 nitrogen and oxygen atoms in total. The van der Waals surface area contributed by atoms with Crippen molar-refractivity contribution in [3.05, 3.63) is 35.1 Å². The molecule has 1 N–H and O–H groups in total. The molecule has 0 amide bonds. The van der Waals surface area contributed by atoms with Gasteiger partial charge in [-0.15, -0.1) is 0 Å². The van der Waals surface area contributed by atoms with Gasteiger partial charge in [-0.1, -0.05) is 6.07 Å². The van der Waals surface area contributed by atoms with Crippen molar-refractivity contribution in [2.24, 2.45) is 0 Å². The molecule has 0 spiro atoms. The Labute approximate surface area is 114 Å². The van der Waals surface area contributed by atoms with Gasteiger partial charge >= 0.3 is 0 Å². The van der Waals surface area contributed by atoms with Gasteiger partial charge < -0.3 is 5.32 Å². The van der Waals surface area contributed by atoms with Crippen LogP contribution in [-0.4, -0.2) is 32.5 Å². The Hall–Kier alpha value is -0.940. The maximum absolute atomic E-state index is 13.0. The van der Waals surface area contributed by atoms with E-state index in [-0.39, 0.29) is 5.82 Å². The number of benzene rings is 1. The zero-order valence-corrected chi connectivity index (χ0v) is 12.0. The Morgan fingerprint density at radius 1 is 1.32 bits per heavy atom. The second kappa shape index (κ2) is 6.01. The fourth-order valence-electron chi connectivity index (χ4n) is 2.44. The fourth-order valence-corrected chi connectivity index (χ4v) is 3.94. The average molecular weight is 285 g/mol. The van der Waals surface area contributed by atoms with Crippen molar-refractivity contribution >= 4 is 9.84 Å². The molecule has 106 valence electrons. The molecule has 0 aliphatic carbocycles. The zero-order valence-electron chi connectivity index (χ0n) is 11.2. The van der Waals surface area contributed by atoms with E-state index in [1.54, 1.807) is 6.07 Å². The smallest absolute Gasteiger partial charge is 0.150 e. The summed E-state index contributed by atoms with van der Waals surface area (Å²) in [7, 11) is -2.79. The molecular formula is C14H20FNO2S. The largest absolute Gasteiger partial charge is 0.314 e. The van der Waals surface area contributed by atoms with Crippen molar-refractivity contribution < 1.29 is 12.8 Å². The van der Waals surface area contributed by atoms with Crippen molar-refractivity contribution in [1.82, 2.24) is 5.32 Å². The quantitative estimate of drug-likeness (QED) is 0.918. The van der Waals surface area contributed by atoms with Crippen LogP contribution in [0.2, 0.25) is 0 Å². The first kappa shape index (κ1) is 14.5. The Bertz CT molecular complexity index is 528. The molecule has 5 heteroatoms. The van der Waals surface area contributed by atoms with E-state index in [1.165, 1.54) is 6.07 Å². The number of hydrogen-bond acceptors (Lipinski definition) is 3. The molecule has 0 unspecified atom stereocenters. The molecule has 1 saturated heterocycles. The summed E-state index contributed by atoms with van der Waals surface area (Å²) in [4.78, 5) is 0. The minimum Gasteiger partial charge on any atom is -0.314 e. The number of halogens is 1. The van der Waals surface area contributed by atoms with Crippen LogP contribution in [0, 0.1) is 12.7 Å². The maximum Gasteiger partial charge on any atom is 0.150 e. The first-order valence-corrected chi connectivity index (χ1v) is 8.47. The van der Waals surface area contributed by atoms with E-state index in [0.29, 0.717) is 30.4 Å². The van der Waals surface area contributed by atoms with Crippen LogP contribution in [0.5, 0.6) is 0 Å². The maximum atomic E-state index is 13.0. The highest BCUT2D eigenvalue weighted by atomic mass is 32.2. The Kier molecular flexibility index (Phi) is 4.58. The fraction of sp³-hybridized carbons (Fsp3) is 0.571. The van der Waals surface area contributed by atoms with E-state index >= 15 is 0 Å². The van der Waals surface area contributed by atoms with Crippen LogP contribution in [-0.2, 0) is 16.3 Å². The summed E-state index contributed by atoms with van der Waals surface area (Å²) in [5.41, 5.74) is 2.10. The third-order valence-corrected chi connectivity index (χ3v) is 5.40. The molecule has 1 aliphatic rings. The van der Waals surface area contributed by atoms with Crippen molar-refractivity contribution in [2.45, 2.75) is 32.2 Å². The van der Waals surface area contributed by atoms with Gasteiger partial charge in [0, 0.05) is 6.04 Å². The van der Waals surface area contributed by atoms with E-state index in [2.05, 4.69) is 5.32 Å². The number of sulfone groups is 1. The predicted octanol–water partition coefficient (Wildman–Crippen LogP) is 1.84. The van der Waals surface area contributed by atoms with Crippen LogP contribution < -0.4 is 5.32 Å². The van der Waals surface area contributed by atoms with Crippen molar-refractivity contribution in [2.75, 3.05) is 18.1 Å². The second-order valence-corrected chi connectivity index (χ2v) is 7.50. The van der Waals surface area contributed by atoms with Crippen LogP contribution in [0.3, 0.4) is 0 Å². The van der Waals surface area contributed by atoms with Gasteiger partial charge in [0.2, 0.25) is 0 Å². The predicted molar refractivity (Wildman–Crippen MR) is 74.5 cm³/mol. The summed E-state index contributed by atoms with van der Waals surface area (Å²) in [6.07, 6.45) is 2.24. The topological polar surface area (TPSA) is 46.2 Å². The van der Waals surface area contributed by atoms with Crippen LogP contribution in [0.25, 0.3) is 0 Å². The van der Waals surface area contributed by atoms with Crippen LogP contribution in [0.4, 0.5) is 4.39 Å². The number of nitrogens with one attached hydrogen (secondary N) is 1. The van der Waals surface area contributed by atoms with Crippen molar-refractivity contribution in [3.63, 3.8) is 0 Å². The van der Waals surface area contributed by atoms with Crippen LogP contribution in [0.15, 0.2) is 18.2 Å². The minimum absolute atomic E-state index is 0.202. The lowest BCUT2D eigenvalue weighted by atomic mass is 10.1. The van der Waals surface area contributed by atoms with E-state index in [9.17, 15) is 12.8 Å². The van der Waals surface area contributed by atoms with Gasteiger partial charge in [0.15, 0.2) is 0 Å². The van der Waals surface area contributed by atoms with E-state index in [4.69, 9.17) is 0 Å². The molecule has 2 rings (SSSR count). The Morgan fingerprint density at radius 2 is 2.00 bits per heavy atom. The van der Waals surface area contributed by atoms with Gasteiger partial charge in [0.05, 0.1) is 11.5 Å². The van der Waals surface area contributed by atoms with Gasteiger partial charge in [-0.25, -0.2) is 12.8 Å². The monoisotopic (exact) mass is 285 g/mol. The molecule has 1 aromatic carbocycles. The third kappa shape index (κ3) is 4.28.